The van der Waals surface area contributed by atoms with E-state index < -0.39 is 0 Å². The molecule has 7 heteroatoms. The van der Waals surface area contributed by atoms with Crippen LogP contribution in [-0.2, 0) is 19.5 Å². The first-order chi connectivity index (χ1) is 14.2. The molecule has 0 aliphatic carbocycles. The average Bonchev–Trinajstić information content (AvgIpc) is 3.36. The van der Waals surface area contributed by atoms with E-state index in [1.54, 1.807) is 7.11 Å². The van der Waals surface area contributed by atoms with Gasteiger partial charge in [0.25, 0.3) is 0 Å². The van der Waals surface area contributed by atoms with Gasteiger partial charge in [0.1, 0.15) is 17.1 Å². The van der Waals surface area contributed by atoms with Crippen molar-refractivity contribution in [1.29, 1.82) is 0 Å². The number of methoxy groups -OCH3 is 1. The molecule has 1 N–H and O–H groups in total. The molecule has 4 rings (SSSR count). The summed E-state index contributed by atoms with van der Waals surface area (Å²) >= 11 is 0. The van der Waals surface area contributed by atoms with Crippen LogP contribution in [0.4, 0.5) is 4.79 Å². The zero-order valence-corrected chi connectivity index (χ0v) is 17.0. The predicted octanol–water partition coefficient (Wildman–Crippen LogP) is 3.23. The minimum atomic E-state index is -0.00557. The lowest BCUT2D eigenvalue weighted by molar-refractivity contribution is 0.206. The summed E-state index contributed by atoms with van der Waals surface area (Å²) in [6, 6.07) is 11.7. The van der Waals surface area contributed by atoms with E-state index in [1.165, 1.54) is 0 Å². The van der Waals surface area contributed by atoms with Crippen molar-refractivity contribution in [3.8, 4) is 5.75 Å². The van der Waals surface area contributed by atoms with Gasteiger partial charge in [0, 0.05) is 38.8 Å². The molecule has 3 heterocycles. The second kappa shape index (κ2) is 8.51. The number of carbonyl (C=O) groups excluding carboxylic acids is 1. The monoisotopic (exact) mass is 393 g/mol. The number of aromatic nitrogens is 3. The van der Waals surface area contributed by atoms with E-state index in [2.05, 4.69) is 21.8 Å². The number of nitrogens with zero attached hydrogens (tertiary/aromatic N) is 4. The van der Waals surface area contributed by atoms with Gasteiger partial charge in [0.05, 0.1) is 7.11 Å². The Morgan fingerprint density at radius 3 is 2.86 bits per heavy atom. The van der Waals surface area contributed by atoms with Crippen LogP contribution >= 0.6 is 0 Å². The van der Waals surface area contributed by atoms with E-state index in [9.17, 15) is 4.79 Å². The number of ether oxygens (including phenoxy) is 1. The number of amides is 2. The predicted molar refractivity (Wildman–Crippen MR) is 112 cm³/mol. The molecular weight excluding hydrogens is 366 g/mol. The van der Waals surface area contributed by atoms with Crippen molar-refractivity contribution in [2.75, 3.05) is 20.2 Å². The minimum absolute atomic E-state index is 0.00557. The Morgan fingerprint density at radius 2 is 2.10 bits per heavy atom. The SMILES string of the molecule is CCn1c(C[C@@H]2CCN(C(=O)NCc3ccc(OC)cc3)C2)nc2cccnc21. The largest absolute Gasteiger partial charge is 0.497 e. The van der Waals surface area contributed by atoms with Gasteiger partial charge in [-0.2, -0.15) is 0 Å². The zero-order valence-electron chi connectivity index (χ0n) is 17.0. The number of fused-ring (bicyclic) bond motifs is 1. The average molecular weight is 393 g/mol. The Labute approximate surface area is 170 Å². The highest BCUT2D eigenvalue weighted by Crippen LogP contribution is 2.23. The van der Waals surface area contributed by atoms with Gasteiger partial charge >= 0.3 is 6.03 Å². The maximum absolute atomic E-state index is 12.6. The number of nitrogens with one attached hydrogen (secondary N) is 1. The molecule has 152 valence electrons. The van der Waals surface area contributed by atoms with Crippen molar-refractivity contribution in [2.24, 2.45) is 5.92 Å². The zero-order chi connectivity index (χ0) is 20.2. The lowest BCUT2D eigenvalue weighted by Gasteiger charge is -2.17. The first-order valence-corrected chi connectivity index (χ1v) is 10.1. The van der Waals surface area contributed by atoms with Crippen molar-refractivity contribution >= 4 is 17.2 Å². The van der Waals surface area contributed by atoms with Crippen LogP contribution < -0.4 is 10.1 Å². The summed E-state index contributed by atoms with van der Waals surface area (Å²) in [5, 5.41) is 3.02. The van der Waals surface area contributed by atoms with Crippen molar-refractivity contribution in [1.82, 2.24) is 24.8 Å². The van der Waals surface area contributed by atoms with E-state index >= 15 is 0 Å². The van der Waals surface area contributed by atoms with Crippen molar-refractivity contribution in [3.05, 3.63) is 54.0 Å². The first kappa shape index (κ1) is 19.2. The number of aryl methyl sites for hydroxylation is 1. The Balaban J connectivity index is 1.33. The molecule has 1 aliphatic heterocycles. The van der Waals surface area contributed by atoms with Crippen LogP contribution in [0.5, 0.6) is 5.75 Å². The number of likely N-dealkylation sites (tertiary alicyclic amines) is 1. The van der Waals surface area contributed by atoms with Crippen molar-refractivity contribution in [2.45, 2.75) is 32.9 Å². The Morgan fingerprint density at radius 1 is 1.28 bits per heavy atom. The fourth-order valence-electron chi connectivity index (χ4n) is 3.97. The molecule has 7 nitrogen and oxygen atoms in total. The third kappa shape index (κ3) is 4.18. The fraction of sp³-hybridized carbons (Fsp3) is 0.409. The molecule has 29 heavy (non-hydrogen) atoms. The second-order valence-corrected chi connectivity index (χ2v) is 7.43. The van der Waals surface area contributed by atoms with Crippen LogP contribution in [0.25, 0.3) is 11.2 Å². The van der Waals surface area contributed by atoms with Crippen LogP contribution in [0.3, 0.4) is 0 Å². The topological polar surface area (TPSA) is 72.3 Å². The second-order valence-electron chi connectivity index (χ2n) is 7.43. The Bertz CT molecular complexity index is 983. The third-order valence-corrected chi connectivity index (χ3v) is 5.55. The summed E-state index contributed by atoms with van der Waals surface area (Å²) in [7, 11) is 1.65. The number of carbonyl (C=O) groups is 1. The number of pyridine rings is 1. The number of hydrogen-bond donors (Lipinski definition) is 1. The highest BCUT2D eigenvalue weighted by molar-refractivity contribution is 5.74. The molecule has 0 unspecified atom stereocenters. The Kier molecular flexibility index (Phi) is 5.64. The molecule has 0 radical (unpaired) electrons. The standard InChI is InChI=1S/C22H27N5O2/c1-3-27-20(25-19-5-4-11-23-21(19)27)13-17-10-12-26(15-17)22(28)24-14-16-6-8-18(29-2)9-7-16/h4-9,11,17H,3,10,12-15H2,1-2H3,(H,24,28)/t17-/m0/s1. The number of hydrogen-bond acceptors (Lipinski definition) is 4. The van der Waals surface area contributed by atoms with Crippen LogP contribution in [0, 0.1) is 5.92 Å². The fourth-order valence-corrected chi connectivity index (χ4v) is 3.97. The van der Waals surface area contributed by atoms with E-state index in [0.29, 0.717) is 12.5 Å². The molecule has 1 atom stereocenters. The Hall–Kier alpha value is -3.09. The molecule has 2 aromatic heterocycles. The molecule has 3 aromatic rings. The summed E-state index contributed by atoms with van der Waals surface area (Å²) in [6.45, 7) is 5.02. The first-order valence-electron chi connectivity index (χ1n) is 10.1. The summed E-state index contributed by atoms with van der Waals surface area (Å²) in [5.41, 5.74) is 2.94. The highest BCUT2D eigenvalue weighted by atomic mass is 16.5. The van der Waals surface area contributed by atoms with E-state index in [4.69, 9.17) is 9.72 Å². The van der Waals surface area contributed by atoms with Crippen LogP contribution in [0.15, 0.2) is 42.6 Å². The number of urea groups is 1. The molecule has 1 aromatic carbocycles. The number of rotatable bonds is 6. The van der Waals surface area contributed by atoms with Gasteiger partial charge in [-0.25, -0.2) is 14.8 Å². The third-order valence-electron chi connectivity index (χ3n) is 5.55. The molecular formula is C22H27N5O2. The smallest absolute Gasteiger partial charge is 0.317 e. The van der Waals surface area contributed by atoms with Gasteiger partial charge < -0.3 is 19.5 Å². The number of benzene rings is 1. The lowest BCUT2D eigenvalue weighted by Crippen LogP contribution is -2.38. The lowest BCUT2D eigenvalue weighted by atomic mass is 10.0. The normalized spacial score (nSPS) is 16.3. The van der Waals surface area contributed by atoms with Crippen LogP contribution in [0.1, 0.15) is 24.7 Å². The maximum atomic E-state index is 12.6. The van der Waals surface area contributed by atoms with Gasteiger partial charge in [0.2, 0.25) is 0 Å². The van der Waals surface area contributed by atoms with Crippen molar-refractivity contribution in [3.63, 3.8) is 0 Å². The van der Waals surface area contributed by atoms with Gasteiger partial charge in [-0.3, -0.25) is 0 Å². The minimum Gasteiger partial charge on any atom is -0.497 e. The van der Waals surface area contributed by atoms with Crippen LogP contribution in [-0.4, -0.2) is 45.7 Å². The molecule has 2 amide bonds. The van der Waals surface area contributed by atoms with Gasteiger partial charge in [-0.05, 0) is 49.1 Å². The van der Waals surface area contributed by atoms with Gasteiger partial charge in [-0.1, -0.05) is 12.1 Å². The quantitative estimate of drug-likeness (QED) is 0.698. The molecule has 0 bridgehead atoms. The van der Waals surface area contributed by atoms with Crippen molar-refractivity contribution < 1.29 is 9.53 Å². The summed E-state index contributed by atoms with van der Waals surface area (Å²) in [5.74, 6) is 2.30. The summed E-state index contributed by atoms with van der Waals surface area (Å²) in [4.78, 5) is 23.7. The summed E-state index contributed by atoms with van der Waals surface area (Å²) in [6.07, 6.45) is 3.67. The van der Waals surface area contributed by atoms with Gasteiger partial charge in [-0.15, -0.1) is 0 Å². The molecule has 1 fully saturated rings. The van der Waals surface area contributed by atoms with Crippen LogP contribution in [0.2, 0.25) is 0 Å². The molecule has 1 aliphatic rings. The molecule has 1 saturated heterocycles. The molecule has 0 saturated carbocycles. The van der Waals surface area contributed by atoms with E-state index in [0.717, 1.165) is 60.8 Å². The highest BCUT2D eigenvalue weighted by Gasteiger charge is 2.27. The van der Waals surface area contributed by atoms with E-state index in [-0.39, 0.29) is 6.03 Å². The van der Waals surface area contributed by atoms with E-state index in [1.807, 2.05) is 47.5 Å². The maximum Gasteiger partial charge on any atom is 0.317 e. The number of imidazole rings is 1. The summed E-state index contributed by atoms with van der Waals surface area (Å²) < 4.78 is 7.35. The van der Waals surface area contributed by atoms with Gasteiger partial charge in [0.15, 0.2) is 5.65 Å². The molecule has 0 spiro atoms.